The summed E-state index contributed by atoms with van der Waals surface area (Å²) in [5.74, 6) is 0.478. The van der Waals surface area contributed by atoms with E-state index in [0.29, 0.717) is 11.8 Å². The van der Waals surface area contributed by atoms with E-state index in [1.54, 1.807) is 0 Å². The second-order valence-electron chi connectivity index (χ2n) is 7.39. The van der Waals surface area contributed by atoms with Crippen LogP contribution in [-0.4, -0.2) is 16.7 Å². The summed E-state index contributed by atoms with van der Waals surface area (Å²) in [6.07, 6.45) is 9.34. The molecule has 1 aliphatic heterocycles. The summed E-state index contributed by atoms with van der Waals surface area (Å²) in [7, 11) is 0. The smallest absolute Gasteiger partial charge is 0.254 e. The number of hydrogen-bond donors (Lipinski definition) is 0. The summed E-state index contributed by atoms with van der Waals surface area (Å²) in [6, 6.07) is 6.67. The molecule has 1 aliphatic carbocycles. The van der Waals surface area contributed by atoms with Gasteiger partial charge in [-0.25, -0.2) is 0 Å². The van der Waals surface area contributed by atoms with Gasteiger partial charge < -0.3 is 0 Å². The van der Waals surface area contributed by atoms with Crippen molar-refractivity contribution in [2.75, 3.05) is 0 Å². The summed E-state index contributed by atoms with van der Waals surface area (Å²) >= 11 is 0. The van der Waals surface area contributed by atoms with Crippen LogP contribution in [0, 0.1) is 5.92 Å². The normalized spacial score (nSPS) is 25.1. The van der Waals surface area contributed by atoms with Gasteiger partial charge in [0.05, 0.1) is 6.04 Å². The van der Waals surface area contributed by atoms with Crippen LogP contribution >= 0.6 is 0 Å². The molecule has 0 N–H and O–H groups in total. The van der Waals surface area contributed by atoms with E-state index in [2.05, 4.69) is 39.0 Å². The molecule has 2 aliphatic rings. The van der Waals surface area contributed by atoms with Crippen LogP contribution in [0.15, 0.2) is 30.4 Å². The molecule has 1 aromatic rings. The van der Waals surface area contributed by atoms with Crippen LogP contribution in [-0.2, 0) is 16.0 Å². The first kappa shape index (κ1) is 17.9. The second-order valence-corrected chi connectivity index (χ2v) is 7.39. The van der Waals surface area contributed by atoms with Crippen LogP contribution in [0.3, 0.4) is 0 Å². The molecule has 3 heteroatoms. The van der Waals surface area contributed by atoms with Crippen molar-refractivity contribution in [3.05, 3.63) is 47.0 Å². The third kappa shape index (κ3) is 3.17. The Hall–Kier alpha value is -1.90. The SMILES string of the molecule is CCCc1ccc2c(c1)[C@@H](N1C(=O)C=CC1=O)[C@@H](CCC)[C@@H]2CCC. The van der Waals surface area contributed by atoms with E-state index in [0.717, 1.165) is 38.5 Å². The summed E-state index contributed by atoms with van der Waals surface area (Å²) in [6.45, 7) is 6.59. The number of aryl methyl sites for hydroxylation is 1. The van der Waals surface area contributed by atoms with Gasteiger partial charge in [-0.05, 0) is 47.8 Å². The highest BCUT2D eigenvalue weighted by Crippen LogP contribution is 2.52. The summed E-state index contributed by atoms with van der Waals surface area (Å²) < 4.78 is 0. The van der Waals surface area contributed by atoms with Gasteiger partial charge in [-0.15, -0.1) is 0 Å². The molecule has 0 bridgehead atoms. The average Bonchev–Trinajstić information content (AvgIpc) is 3.06. The molecule has 3 rings (SSSR count). The number of fused-ring (bicyclic) bond motifs is 1. The fraction of sp³-hybridized carbons (Fsp3) is 0.545. The lowest BCUT2D eigenvalue weighted by molar-refractivity contribution is -0.141. The number of imide groups is 1. The highest BCUT2D eigenvalue weighted by atomic mass is 16.2. The first-order valence-electron chi connectivity index (χ1n) is 9.80. The van der Waals surface area contributed by atoms with E-state index in [4.69, 9.17) is 0 Å². The minimum Gasteiger partial charge on any atom is -0.269 e. The van der Waals surface area contributed by atoms with Crippen LogP contribution in [0.2, 0.25) is 0 Å². The Morgan fingerprint density at radius 1 is 0.880 bits per heavy atom. The van der Waals surface area contributed by atoms with Crippen LogP contribution in [0.5, 0.6) is 0 Å². The molecular formula is C22H29NO2. The zero-order valence-electron chi connectivity index (χ0n) is 15.6. The molecule has 2 amide bonds. The predicted molar refractivity (Wildman–Crippen MR) is 100 cm³/mol. The highest BCUT2D eigenvalue weighted by molar-refractivity contribution is 6.13. The van der Waals surface area contributed by atoms with Gasteiger partial charge in [-0.3, -0.25) is 14.5 Å². The highest BCUT2D eigenvalue weighted by Gasteiger charge is 2.46. The molecule has 1 heterocycles. The summed E-state index contributed by atoms with van der Waals surface area (Å²) in [4.78, 5) is 26.4. The Morgan fingerprint density at radius 2 is 1.56 bits per heavy atom. The van der Waals surface area contributed by atoms with Crippen LogP contribution in [0.1, 0.15) is 81.5 Å². The quantitative estimate of drug-likeness (QED) is 0.661. The van der Waals surface area contributed by atoms with Crippen molar-refractivity contribution in [2.24, 2.45) is 5.92 Å². The Labute approximate surface area is 151 Å². The predicted octanol–water partition coefficient (Wildman–Crippen LogP) is 4.92. The first-order chi connectivity index (χ1) is 12.1. The molecule has 3 nitrogen and oxygen atoms in total. The van der Waals surface area contributed by atoms with Crippen molar-refractivity contribution in [2.45, 2.75) is 71.3 Å². The number of hydrogen-bond acceptors (Lipinski definition) is 2. The van der Waals surface area contributed by atoms with Gasteiger partial charge in [0.15, 0.2) is 0 Å². The van der Waals surface area contributed by atoms with Gasteiger partial charge in [0.2, 0.25) is 0 Å². The van der Waals surface area contributed by atoms with E-state index in [-0.39, 0.29) is 17.9 Å². The van der Waals surface area contributed by atoms with Crippen molar-refractivity contribution in [1.82, 2.24) is 4.90 Å². The third-order valence-electron chi connectivity index (χ3n) is 5.67. The number of carbonyl (C=O) groups is 2. The number of benzene rings is 1. The van der Waals surface area contributed by atoms with Crippen molar-refractivity contribution in [1.29, 1.82) is 0 Å². The maximum absolute atomic E-state index is 12.4. The second kappa shape index (κ2) is 7.55. The Bertz CT molecular complexity index is 673. The number of rotatable bonds is 7. The van der Waals surface area contributed by atoms with Gasteiger partial charge in [-0.2, -0.15) is 0 Å². The molecule has 0 spiro atoms. The molecule has 0 fully saturated rings. The van der Waals surface area contributed by atoms with Crippen molar-refractivity contribution < 1.29 is 9.59 Å². The van der Waals surface area contributed by atoms with E-state index < -0.39 is 0 Å². The Morgan fingerprint density at radius 3 is 2.16 bits per heavy atom. The van der Waals surface area contributed by atoms with Gasteiger partial charge in [0.25, 0.3) is 11.8 Å². The standard InChI is InChI=1S/C22H29NO2/c1-4-7-15-10-11-17-16(8-5-2)18(9-6-3)22(19(17)14-15)23-20(24)12-13-21(23)25/h10-14,16,18,22H,4-9H2,1-3H3/t16-,18+,22+/m1/s1. The van der Waals surface area contributed by atoms with E-state index in [1.165, 1.54) is 33.7 Å². The van der Waals surface area contributed by atoms with E-state index >= 15 is 0 Å². The lowest BCUT2D eigenvalue weighted by Gasteiger charge is -2.31. The molecule has 0 radical (unpaired) electrons. The van der Waals surface area contributed by atoms with Crippen LogP contribution in [0.4, 0.5) is 0 Å². The summed E-state index contributed by atoms with van der Waals surface area (Å²) in [5.41, 5.74) is 3.89. The topological polar surface area (TPSA) is 37.4 Å². The number of carbonyl (C=O) groups excluding carboxylic acids is 2. The molecular weight excluding hydrogens is 310 g/mol. The monoisotopic (exact) mass is 339 g/mol. The first-order valence-corrected chi connectivity index (χ1v) is 9.80. The minimum atomic E-state index is -0.153. The molecule has 0 aromatic heterocycles. The van der Waals surface area contributed by atoms with Gasteiger partial charge in [0, 0.05) is 12.2 Å². The van der Waals surface area contributed by atoms with Gasteiger partial charge in [0.1, 0.15) is 0 Å². The lowest BCUT2D eigenvalue weighted by Crippen LogP contribution is -2.37. The molecule has 1 aromatic carbocycles. The molecule has 0 unspecified atom stereocenters. The fourth-order valence-corrected chi connectivity index (χ4v) is 4.73. The molecule has 0 saturated carbocycles. The molecule has 3 atom stereocenters. The fourth-order valence-electron chi connectivity index (χ4n) is 4.73. The van der Waals surface area contributed by atoms with Crippen LogP contribution in [0.25, 0.3) is 0 Å². The van der Waals surface area contributed by atoms with E-state index in [1.807, 2.05) is 0 Å². The maximum Gasteiger partial charge on any atom is 0.254 e. The molecule has 0 saturated heterocycles. The third-order valence-corrected chi connectivity index (χ3v) is 5.67. The van der Waals surface area contributed by atoms with Crippen LogP contribution < -0.4 is 0 Å². The number of nitrogens with zero attached hydrogens (tertiary/aromatic N) is 1. The van der Waals surface area contributed by atoms with Gasteiger partial charge >= 0.3 is 0 Å². The lowest BCUT2D eigenvalue weighted by atomic mass is 9.83. The molecule has 134 valence electrons. The Balaban J connectivity index is 2.08. The van der Waals surface area contributed by atoms with Crippen molar-refractivity contribution in [3.63, 3.8) is 0 Å². The zero-order valence-corrected chi connectivity index (χ0v) is 15.6. The van der Waals surface area contributed by atoms with Crippen molar-refractivity contribution >= 4 is 11.8 Å². The average molecular weight is 339 g/mol. The number of amides is 2. The zero-order chi connectivity index (χ0) is 18.0. The van der Waals surface area contributed by atoms with Crippen molar-refractivity contribution in [3.8, 4) is 0 Å². The molecule has 25 heavy (non-hydrogen) atoms. The Kier molecular flexibility index (Phi) is 5.41. The minimum absolute atomic E-state index is 0.0988. The maximum atomic E-state index is 12.4. The van der Waals surface area contributed by atoms with Gasteiger partial charge in [-0.1, -0.05) is 58.2 Å². The van der Waals surface area contributed by atoms with E-state index in [9.17, 15) is 9.59 Å². The largest absolute Gasteiger partial charge is 0.269 e. The summed E-state index contributed by atoms with van der Waals surface area (Å²) in [5, 5.41) is 0.